The van der Waals surface area contributed by atoms with Crippen molar-refractivity contribution in [2.45, 2.75) is 39.0 Å². The lowest BCUT2D eigenvalue weighted by molar-refractivity contribution is -0.116. The van der Waals surface area contributed by atoms with Crippen molar-refractivity contribution < 1.29 is 9.53 Å². The highest BCUT2D eigenvalue weighted by Gasteiger charge is 2.03. The van der Waals surface area contributed by atoms with E-state index in [9.17, 15) is 4.79 Å². The molecule has 23 heavy (non-hydrogen) atoms. The highest BCUT2D eigenvalue weighted by molar-refractivity contribution is 5.90. The van der Waals surface area contributed by atoms with Crippen LogP contribution in [0.15, 0.2) is 54.6 Å². The number of carbonyl (C=O) groups is 1. The van der Waals surface area contributed by atoms with E-state index in [-0.39, 0.29) is 5.91 Å². The van der Waals surface area contributed by atoms with Gasteiger partial charge in [-0.3, -0.25) is 4.79 Å². The van der Waals surface area contributed by atoms with Crippen molar-refractivity contribution >= 4 is 11.6 Å². The van der Waals surface area contributed by atoms with Gasteiger partial charge >= 0.3 is 0 Å². The summed E-state index contributed by atoms with van der Waals surface area (Å²) in [5.41, 5.74) is 2.09. The van der Waals surface area contributed by atoms with Gasteiger partial charge in [0, 0.05) is 12.1 Å². The first kappa shape index (κ1) is 17.1. The predicted molar refractivity (Wildman–Crippen MR) is 94.9 cm³/mol. The molecule has 0 bridgehead atoms. The lowest BCUT2D eigenvalue weighted by Crippen LogP contribution is -2.11. The van der Waals surface area contributed by atoms with Gasteiger partial charge in [-0.1, -0.05) is 43.7 Å². The molecule has 2 aromatic carbocycles. The number of aryl methyl sites for hydroxylation is 1. The maximum absolute atomic E-state index is 12.0. The number of hydrogen-bond acceptors (Lipinski definition) is 2. The van der Waals surface area contributed by atoms with Crippen molar-refractivity contribution in [1.82, 2.24) is 0 Å². The fourth-order valence-corrected chi connectivity index (χ4v) is 2.29. The smallest absolute Gasteiger partial charge is 0.224 e. The Morgan fingerprint density at radius 3 is 2.43 bits per heavy atom. The molecular formula is C20H25NO2. The van der Waals surface area contributed by atoms with Gasteiger partial charge in [0.25, 0.3) is 0 Å². The molecule has 3 heteroatoms. The Labute approximate surface area is 138 Å². The number of hydrogen-bond donors (Lipinski definition) is 1. The maximum Gasteiger partial charge on any atom is 0.224 e. The van der Waals surface area contributed by atoms with Crippen LogP contribution in [0.5, 0.6) is 5.75 Å². The molecule has 0 unspecified atom stereocenters. The average Bonchev–Trinajstić information content (AvgIpc) is 2.58. The van der Waals surface area contributed by atoms with Crippen LogP contribution in [0, 0.1) is 0 Å². The zero-order chi connectivity index (χ0) is 16.3. The molecule has 0 atom stereocenters. The fraction of sp³-hybridized carbons (Fsp3) is 0.350. The fourth-order valence-electron chi connectivity index (χ4n) is 2.29. The van der Waals surface area contributed by atoms with E-state index in [1.807, 2.05) is 42.5 Å². The molecule has 0 radical (unpaired) electrons. The van der Waals surface area contributed by atoms with E-state index in [1.54, 1.807) is 0 Å². The summed E-state index contributed by atoms with van der Waals surface area (Å²) in [5, 5.41) is 2.93. The summed E-state index contributed by atoms with van der Waals surface area (Å²) in [6.07, 6.45) is 4.49. The third-order valence-corrected chi connectivity index (χ3v) is 3.62. The van der Waals surface area contributed by atoms with E-state index in [4.69, 9.17) is 4.74 Å². The van der Waals surface area contributed by atoms with E-state index < -0.39 is 0 Å². The maximum atomic E-state index is 12.0. The van der Waals surface area contributed by atoms with Crippen LogP contribution in [0.3, 0.4) is 0 Å². The van der Waals surface area contributed by atoms with Crippen LogP contribution in [0.25, 0.3) is 0 Å². The van der Waals surface area contributed by atoms with Gasteiger partial charge in [-0.25, -0.2) is 0 Å². The van der Waals surface area contributed by atoms with Crippen molar-refractivity contribution in [3.05, 3.63) is 60.2 Å². The number of amides is 1. The molecule has 0 aromatic heterocycles. The normalized spacial score (nSPS) is 10.3. The second kappa shape index (κ2) is 9.67. The van der Waals surface area contributed by atoms with Gasteiger partial charge in [0.2, 0.25) is 5.91 Å². The average molecular weight is 311 g/mol. The number of carbonyl (C=O) groups excluding carboxylic acids is 1. The van der Waals surface area contributed by atoms with Crippen LogP contribution in [-0.2, 0) is 11.2 Å². The van der Waals surface area contributed by atoms with Gasteiger partial charge in [0.05, 0.1) is 6.61 Å². The minimum absolute atomic E-state index is 0.0561. The lowest BCUT2D eigenvalue weighted by Gasteiger charge is -2.08. The van der Waals surface area contributed by atoms with Crippen molar-refractivity contribution in [2.24, 2.45) is 0 Å². The van der Waals surface area contributed by atoms with E-state index >= 15 is 0 Å². The van der Waals surface area contributed by atoms with E-state index in [1.165, 1.54) is 5.56 Å². The van der Waals surface area contributed by atoms with Crippen molar-refractivity contribution in [3.8, 4) is 5.75 Å². The summed E-state index contributed by atoms with van der Waals surface area (Å²) in [4.78, 5) is 12.0. The second-order valence-corrected chi connectivity index (χ2v) is 5.61. The molecule has 122 valence electrons. The van der Waals surface area contributed by atoms with Crippen LogP contribution in [0.1, 0.15) is 38.2 Å². The first-order valence-corrected chi connectivity index (χ1v) is 8.34. The van der Waals surface area contributed by atoms with Gasteiger partial charge in [-0.2, -0.15) is 0 Å². The number of nitrogens with one attached hydrogen (secondary N) is 1. The quantitative estimate of drug-likeness (QED) is 0.674. The zero-order valence-electron chi connectivity index (χ0n) is 13.8. The molecule has 0 aliphatic rings. The van der Waals surface area contributed by atoms with Gasteiger partial charge in [-0.15, -0.1) is 0 Å². The Morgan fingerprint density at radius 2 is 1.74 bits per heavy atom. The Morgan fingerprint density at radius 1 is 1.00 bits per heavy atom. The van der Waals surface area contributed by atoms with Crippen LogP contribution < -0.4 is 10.1 Å². The molecule has 0 aliphatic carbocycles. The molecule has 3 nitrogen and oxygen atoms in total. The number of ether oxygens (including phenoxy) is 1. The van der Waals surface area contributed by atoms with Crippen LogP contribution >= 0.6 is 0 Å². The Bertz CT molecular complexity index is 578. The first-order valence-electron chi connectivity index (χ1n) is 8.34. The highest BCUT2D eigenvalue weighted by atomic mass is 16.5. The van der Waals surface area contributed by atoms with E-state index in [0.29, 0.717) is 6.42 Å². The van der Waals surface area contributed by atoms with Crippen molar-refractivity contribution in [1.29, 1.82) is 0 Å². The Balaban J connectivity index is 1.70. The third kappa shape index (κ3) is 6.55. The molecule has 0 aliphatic heterocycles. The van der Waals surface area contributed by atoms with Crippen LogP contribution in [-0.4, -0.2) is 12.5 Å². The van der Waals surface area contributed by atoms with Crippen molar-refractivity contribution in [3.63, 3.8) is 0 Å². The van der Waals surface area contributed by atoms with Crippen molar-refractivity contribution in [2.75, 3.05) is 11.9 Å². The molecule has 2 aromatic rings. The molecule has 0 saturated heterocycles. The Kier molecular flexibility index (Phi) is 7.18. The third-order valence-electron chi connectivity index (χ3n) is 3.62. The predicted octanol–water partition coefficient (Wildman–Crippen LogP) is 4.83. The first-order chi connectivity index (χ1) is 11.3. The summed E-state index contributed by atoms with van der Waals surface area (Å²) in [7, 11) is 0. The number of rotatable bonds is 9. The van der Waals surface area contributed by atoms with E-state index in [0.717, 1.165) is 43.7 Å². The SMILES string of the molecule is CCCCOc1ccc(NC(=O)CCCc2ccccc2)cc1. The van der Waals surface area contributed by atoms with Crippen LogP contribution in [0.2, 0.25) is 0 Å². The molecule has 0 fully saturated rings. The zero-order valence-corrected chi connectivity index (χ0v) is 13.8. The number of unbranched alkanes of at least 4 members (excludes halogenated alkanes) is 1. The standard InChI is InChI=1S/C20H25NO2/c1-2-3-16-23-19-14-12-18(13-15-19)21-20(22)11-7-10-17-8-5-4-6-9-17/h4-6,8-9,12-15H,2-3,7,10-11,16H2,1H3,(H,21,22). The lowest BCUT2D eigenvalue weighted by atomic mass is 10.1. The van der Waals surface area contributed by atoms with Gasteiger partial charge in [0.15, 0.2) is 0 Å². The number of anilines is 1. The molecule has 0 heterocycles. The molecule has 1 N–H and O–H groups in total. The Hall–Kier alpha value is -2.29. The minimum atomic E-state index is 0.0561. The molecular weight excluding hydrogens is 286 g/mol. The summed E-state index contributed by atoms with van der Waals surface area (Å²) >= 11 is 0. The monoisotopic (exact) mass is 311 g/mol. The topological polar surface area (TPSA) is 38.3 Å². The molecule has 1 amide bonds. The van der Waals surface area contributed by atoms with Crippen LogP contribution in [0.4, 0.5) is 5.69 Å². The van der Waals surface area contributed by atoms with Gasteiger partial charge < -0.3 is 10.1 Å². The second-order valence-electron chi connectivity index (χ2n) is 5.61. The summed E-state index contributed by atoms with van der Waals surface area (Å²) in [5.74, 6) is 0.904. The minimum Gasteiger partial charge on any atom is -0.494 e. The number of benzene rings is 2. The summed E-state index contributed by atoms with van der Waals surface area (Å²) in [6, 6.07) is 17.8. The molecule has 0 spiro atoms. The molecule has 2 rings (SSSR count). The van der Waals surface area contributed by atoms with Gasteiger partial charge in [0.1, 0.15) is 5.75 Å². The molecule has 0 saturated carbocycles. The highest BCUT2D eigenvalue weighted by Crippen LogP contribution is 2.16. The summed E-state index contributed by atoms with van der Waals surface area (Å²) in [6.45, 7) is 2.88. The van der Waals surface area contributed by atoms with E-state index in [2.05, 4.69) is 24.4 Å². The van der Waals surface area contributed by atoms with Gasteiger partial charge in [-0.05, 0) is 49.1 Å². The summed E-state index contributed by atoms with van der Waals surface area (Å²) < 4.78 is 5.61. The largest absolute Gasteiger partial charge is 0.494 e.